The van der Waals surface area contributed by atoms with Gasteiger partial charge in [0.25, 0.3) is 0 Å². The van der Waals surface area contributed by atoms with Crippen LogP contribution >= 0.6 is 0 Å². The van der Waals surface area contributed by atoms with E-state index in [-0.39, 0.29) is 23.8 Å². The van der Waals surface area contributed by atoms with Gasteiger partial charge in [-0.25, -0.2) is 14.8 Å². The highest BCUT2D eigenvalue weighted by Gasteiger charge is 2.11. The van der Waals surface area contributed by atoms with E-state index < -0.39 is 11.9 Å². The minimum Gasteiger partial charge on any atom is -0.512 e. The molecule has 0 aliphatic carbocycles. The molecular weight excluding hydrogens is 239 g/mol. The van der Waals surface area contributed by atoms with Gasteiger partial charge < -0.3 is 9.84 Å². The van der Waals surface area contributed by atoms with Crippen molar-refractivity contribution in [2.75, 3.05) is 6.61 Å². The highest BCUT2D eigenvalue weighted by atomic mass is 19.1. The van der Waals surface area contributed by atoms with Gasteiger partial charge in [-0.1, -0.05) is 6.07 Å². The van der Waals surface area contributed by atoms with E-state index in [1.807, 2.05) is 0 Å². The standard InChI is InChI=1S/C12H13FN2O3/c1-3-18-12(17)9(8(2)16)7-14-11-6-4-5-10(13)15-11/h4-7,16H,3H2,1-2H3/b9-8+,14-7?. The first-order chi connectivity index (χ1) is 8.54. The molecule has 0 fully saturated rings. The van der Waals surface area contributed by atoms with Gasteiger partial charge in [0, 0.05) is 6.21 Å². The van der Waals surface area contributed by atoms with Crippen LogP contribution < -0.4 is 0 Å². The van der Waals surface area contributed by atoms with Crippen molar-refractivity contribution < 1.29 is 19.0 Å². The number of aromatic nitrogens is 1. The third kappa shape index (κ3) is 3.97. The third-order valence-corrected chi connectivity index (χ3v) is 1.91. The summed E-state index contributed by atoms with van der Waals surface area (Å²) < 4.78 is 17.5. The van der Waals surface area contributed by atoms with Crippen LogP contribution in [0.5, 0.6) is 0 Å². The molecule has 6 heteroatoms. The van der Waals surface area contributed by atoms with Crippen LogP contribution in [0.1, 0.15) is 13.8 Å². The van der Waals surface area contributed by atoms with E-state index in [9.17, 15) is 14.3 Å². The summed E-state index contributed by atoms with van der Waals surface area (Å²) in [6.45, 7) is 3.16. The molecule has 0 atom stereocenters. The topological polar surface area (TPSA) is 71.8 Å². The van der Waals surface area contributed by atoms with E-state index in [1.165, 1.54) is 25.1 Å². The van der Waals surface area contributed by atoms with Gasteiger partial charge >= 0.3 is 5.97 Å². The molecule has 0 spiro atoms. The van der Waals surface area contributed by atoms with Crippen molar-refractivity contribution in [2.24, 2.45) is 4.99 Å². The van der Waals surface area contributed by atoms with Crippen molar-refractivity contribution in [2.45, 2.75) is 13.8 Å². The summed E-state index contributed by atoms with van der Waals surface area (Å²) in [5, 5.41) is 9.33. The van der Waals surface area contributed by atoms with Gasteiger partial charge in [-0.15, -0.1) is 0 Å². The fourth-order valence-electron chi connectivity index (χ4n) is 1.10. The zero-order valence-corrected chi connectivity index (χ0v) is 10.1. The smallest absolute Gasteiger partial charge is 0.343 e. The van der Waals surface area contributed by atoms with Crippen LogP contribution in [0.15, 0.2) is 34.5 Å². The molecule has 5 nitrogen and oxygen atoms in total. The van der Waals surface area contributed by atoms with Crippen molar-refractivity contribution in [3.63, 3.8) is 0 Å². The van der Waals surface area contributed by atoms with Crippen molar-refractivity contribution in [1.82, 2.24) is 4.98 Å². The molecule has 0 unspecified atom stereocenters. The predicted octanol–water partition coefficient (Wildman–Crippen LogP) is 2.32. The van der Waals surface area contributed by atoms with Gasteiger partial charge in [0.15, 0.2) is 5.82 Å². The number of rotatable bonds is 4. The molecule has 1 N–H and O–H groups in total. The molecule has 0 amide bonds. The molecule has 0 saturated carbocycles. The second-order valence-corrected chi connectivity index (χ2v) is 3.30. The molecular formula is C12H13FN2O3. The van der Waals surface area contributed by atoms with Gasteiger partial charge in [0.1, 0.15) is 11.3 Å². The van der Waals surface area contributed by atoms with Gasteiger partial charge in [0.05, 0.1) is 6.61 Å². The molecule has 0 aromatic carbocycles. The quantitative estimate of drug-likeness (QED) is 0.293. The van der Waals surface area contributed by atoms with Gasteiger partial charge in [-0.2, -0.15) is 4.39 Å². The molecule has 0 aliphatic rings. The minimum absolute atomic E-state index is 0.0945. The monoisotopic (exact) mass is 252 g/mol. The zero-order valence-electron chi connectivity index (χ0n) is 10.1. The van der Waals surface area contributed by atoms with Crippen LogP contribution in [0.4, 0.5) is 10.2 Å². The Balaban J connectivity index is 2.92. The normalized spacial score (nSPS) is 12.4. The summed E-state index contributed by atoms with van der Waals surface area (Å²) in [7, 11) is 0. The number of ether oxygens (including phenoxy) is 1. The van der Waals surface area contributed by atoms with Crippen LogP contribution in [0, 0.1) is 5.95 Å². The SMILES string of the molecule is CCOC(=O)/C(C=Nc1cccc(F)n1)=C(\C)O. The van der Waals surface area contributed by atoms with Crippen LogP contribution in [-0.4, -0.2) is 28.9 Å². The number of allylic oxidation sites excluding steroid dienone is 1. The number of aliphatic imine (C=N–C) groups is 1. The summed E-state index contributed by atoms with van der Waals surface area (Å²) in [6.07, 6.45) is 1.09. The Labute approximate surface area is 104 Å². The Kier molecular flexibility index (Phi) is 4.98. The van der Waals surface area contributed by atoms with Gasteiger partial charge in [-0.3, -0.25) is 0 Å². The van der Waals surface area contributed by atoms with Gasteiger partial charge in [0.2, 0.25) is 5.95 Å². The molecule has 18 heavy (non-hydrogen) atoms. The number of hydrogen-bond donors (Lipinski definition) is 1. The average molecular weight is 252 g/mol. The summed E-state index contributed by atoms with van der Waals surface area (Å²) >= 11 is 0. The summed E-state index contributed by atoms with van der Waals surface area (Å²) in [5.74, 6) is -1.50. The maximum absolute atomic E-state index is 12.8. The molecule has 0 bridgehead atoms. The molecule has 1 aromatic heterocycles. The Morgan fingerprint density at radius 2 is 2.33 bits per heavy atom. The number of aliphatic hydroxyl groups excluding tert-OH is 1. The van der Waals surface area contributed by atoms with E-state index >= 15 is 0 Å². The molecule has 0 aliphatic heterocycles. The summed E-state index contributed by atoms with van der Waals surface area (Å²) in [5.41, 5.74) is -0.0945. The lowest BCUT2D eigenvalue weighted by Gasteiger charge is -2.02. The second kappa shape index (κ2) is 6.48. The molecule has 1 rings (SSSR count). The summed E-state index contributed by atoms with van der Waals surface area (Å²) in [6, 6.07) is 4.09. The van der Waals surface area contributed by atoms with E-state index in [1.54, 1.807) is 6.92 Å². The van der Waals surface area contributed by atoms with E-state index in [0.29, 0.717) is 0 Å². The number of aliphatic hydroxyl groups is 1. The molecule has 0 radical (unpaired) electrons. The van der Waals surface area contributed by atoms with Crippen molar-refractivity contribution in [3.8, 4) is 0 Å². The number of esters is 1. The fourth-order valence-corrected chi connectivity index (χ4v) is 1.10. The number of nitrogens with zero attached hydrogens (tertiary/aromatic N) is 2. The first-order valence-electron chi connectivity index (χ1n) is 5.28. The lowest BCUT2D eigenvalue weighted by atomic mass is 10.2. The van der Waals surface area contributed by atoms with Crippen molar-refractivity contribution in [1.29, 1.82) is 0 Å². The molecule has 96 valence electrons. The second-order valence-electron chi connectivity index (χ2n) is 3.30. The van der Waals surface area contributed by atoms with E-state index in [4.69, 9.17) is 4.74 Å². The number of halogens is 1. The molecule has 1 heterocycles. The molecule has 1 aromatic rings. The number of carbonyl (C=O) groups is 1. The Morgan fingerprint density at radius 1 is 1.61 bits per heavy atom. The number of hydrogen-bond acceptors (Lipinski definition) is 5. The zero-order chi connectivity index (χ0) is 13.5. The Hall–Kier alpha value is -2.24. The van der Waals surface area contributed by atoms with E-state index in [0.717, 1.165) is 6.21 Å². The average Bonchev–Trinajstić information content (AvgIpc) is 2.29. The van der Waals surface area contributed by atoms with Gasteiger partial charge in [-0.05, 0) is 26.0 Å². The third-order valence-electron chi connectivity index (χ3n) is 1.91. The largest absolute Gasteiger partial charge is 0.512 e. The lowest BCUT2D eigenvalue weighted by Crippen LogP contribution is -2.10. The predicted molar refractivity (Wildman–Crippen MR) is 64.3 cm³/mol. The van der Waals surface area contributed by atoms with Crippen LogP contribution in [0.25, 0.3) is 0 Å². The van der Waals surface area contributed by atoms with E-state index in [2.05, 4.69) is 9.98 Å². The maximum Gasteiger partial charge on any atom is 0.343 e. The lowest BCUT2D eigenvalue weighted by molar-refractivity contribution is -0.138. The Bertz CT molecular complexity index is 494. The highest BCUT2D eigenvalue weighted by Crippen LogP contribution is 2.09. The number of carbonyl (C=O) groups excluding carboxylic acids is 1. The molecule has 0 saturated heterocycles. The van der Waals surface area contributed by atoms with Crippen LogP contribution in [0.3, 0.4) is 0 Å². The minimum atomic E-state index is -0.697. The number of pyridine rings is 1. The van der Waals surface area contributed by atoms with Crippen LogP contribution in [0.2, 0.25) is 0 Å². The summed E-state index contributed by atoms with van der Waals surface area (Å²) in [4.78, 5) is 18.7. The highest BCUT2D eigenvalue weighted by molar-refractivity contribution is 6.10. The fraction of sp³-hybridized carbons (Fsp3) is 0.250. The Morgan fingerprint density at radius 3 is 2.89 bits per heavy atom. The first-order valence-corrected chi connectivity index (χ1v) is 5.28. The van der Waals surface area contributed by atoms with Crippen molar-refractivity contribution in [3.05, 3.63) is 35.5 Å². The first kappa shape index (κ1) is 13.8. The van der Waals surface area contributed by atoms with Crippen molar-refractivity contribution >= 4 is 18.0 Å². The van der Waals surface area contributed by atoms with Crippen LogP contribution in [-0.2, 0) is 9.53 Å². The maximum atomic E-state index is 12.8.